The van der Waals surface area contributed by atoms with Crippen molar-refractivity contribution in [2.75, 3.05) is 29.4 Å². The smallest absolute Gasteiger partial charge is 0.229 e. The summed E-state index contributed by atoms with van der Waals surface area (Å²) in [4.78, 5) is 11.3. The van der Waals surface area contributed by atoms with E-state index < -0.39 is 10.0 Å². The van der Waals surface area contributed by atoms with E-state index in [4.69, 9.17) is 0 Å². The predicted octanol–water partition coefficient (Wildman–Crippen LogP) is 4.24. The number of hydrogen-bond acceptors (Lipinski definition) is 6. The van der Waals surface area contributed by atoms with E-state index in [1.165, 1.54) is 37.9 Å². The number of rotatable bonds is 7. The Hall–Kier alpha value is -2.97. The van der Waals surface area contributed by atoms with E-state index in [9.17, 15) is 8.42 Å². The molecule has 0 atom stereocenters. The van der Waals surface area contributed by atoms with Gasteiger partial charge in [-0.2, -0.15) is 0 Å². The van der Waals surface area contributed by atoms with Crippen molar-refractivity contribution in [2.45, 2.75) is 25.8 Å². The van der Waals surface area contributed by atoms with Gasteiger partial charge in [0.25, 0.3) is 0 Å². The monoisotopic (exact) mass is 437 g/mol. The molecule has 1 fully saturated rings. The van der Waals surface area contributed by atoms with E-state index in [0.717, 1.165) is 29.7 Å². The molecule has 0 spiro atoms. The number of anilines is 3. The van der Waals surface area contributed by atoms with Crippen LogP contribution in [-0.2, 0) is 16.6 Å². The molecule has 7 nitrogen and oxygen atoms in total. The Morgan fingerprint density at radius 2 is 1.68 bits per heavy atom. The molecule has 162 valence electrons. The van der Waals surface area contributed by atoms with Crippen molar-refractivity contribution in [3.8, 4) is 11.3 Å². The van der Waals surface area contributed by atoms with Crippen LogP contribution in [-0.4, -0.2) is 42.6 Å². The maximum atomic E-state index is 11.3. The molecule has 3 aromatic rings. The lowest BCUT2D eigenvalue weighted by atomic mass is 10.1. The lowest BCUT2D eigenvalue weighted by molar-refractivity contribution is 0.221. The molecule has 0 unspecified atom stereocenters. The zero-order chi connectivity index (χ0) is 21.7. The molecule has 0 saturated carbocycles. The van der Waals surface area contributed by atoms with Crippen LogP contribution in [0.3, 0.4) is 0 Å². The van der Waals surface area contributed by atoms with E-state index >= 15 is 0 Å². The first kappa shape index (κ1) is 21.3. The lowest BCUT2D eigenvalue weighted by Crippen LogP contribution is -2.29. The summed E-state index contributed by atoms with van der Waals surface area (Å²) in [5, 5.41) is 3.25. The second-order valence-electron chi connectivity index (χ2n) is 7.90. The highest BCUT2D eigenvalue weighted by atomic mass is 32.2. The molecular formula is C23H27N5O2S. The molecule has 4 rings (SSSR count). The largest absolute Gasteiger partial charge is 0.340 e. The zero-order valence-corrected chi connectivity index (χ0v) is 18.4. The Bertz CT molecular complexity index is 1130. The van der Waals surface area contributed by atoms with Gasteiger partial charge in [-0.3, -0.25) is 9.62 Å². The zero-order valence-electron chi connectivity index (χ0n) is 17.6. The lowest BCUT2D eigenvalue weighted by Gasteiger charge is -2.26. The normalized spacial score (nSPS) is 14.9. The van der Waals surface area contributed by atoms with Gasteiger partial charge in [-0.1, -0.05) is 24.6 Å². The molecule has 1 aromatic heterocycles. The third-order valence-electron chi connectivity index (χ3n) is 5.21. The number of nitrogens with zero attached hydrogens (tertiary/aromatic N) is 3. The number of piperidine rings is 1. The average molecular weight is 438 g/mol. The molecule has 1 aliphatic rings. The van der Waals surface area contributed by atoms with Crippen LogP contribution in [0, 0.1) is 0 Å². The van der Waals surface area contributed by atoms with Gasteiger partial charge in [0.15, 0.2) is 0 Å². The van der Waals surface area contributed by atoms with Gasteiger partial charge in [0.2, 0.25) is 10.0 Å². The minimum absolute atomic E-state index is 0.516. The van der Waals surface area contributed by atoms with Crippen LogP contribution in [0.1, 0.15) is 24.8 Å². The SMILES string of the molecule is CS(=O)(=O)Nc1ccc(Nc2cc(-c3cccc(CN4CCCCC4)c3)ncn2)cc1. The molecule has 0 amide bonds. The molecular weight excluding hydrogens is 410 g/mol. The molecule has 31 heavy (non-hydrogen) atoms. The molecule has 1 saturated heterocycles. The summed E-state index contributed by atoms with van der Waals surface area (Å²) in [5.41, 5.74) is 4.53. The number of aromatic nitrogens is 2. The van der Waals surface area contributed by atoms with Gasteiger partial charge in [0.05, 0.1) is 11.9 Å². The molecule has 1 aliphatic heterocycles. The number of benzene rings is 2. The fourth-order valence-corrected chi connectivity index (χ4v) is 4.34. The van der Waals surface area contributed by atoms with E-state index in [1.807, 2.05) is 6.07 Å². The maximum absolute atomic E-state index is 11.3. The fraction of sp³-hybridized carbons (Fsp3) is 0.304. The Balaban J connectivity index is 1.46. The number of likely N-dealkylation sites (tertiary alicyclic amines) is 1. The highest BCUT2D eigenvalue weighted by Gasteiger charge is 2.11. The second-order valence-corrected chi connectivity index (χ2v) is 9.65. The summed E-state index contributed by atoms with van der Waals surface area (Å²) >= 11 is 0. The average Bonchev–Trinajstić information content (AvgIpc) is 2.75. The fourth-order valence-electron chi connectivity index (χ4n) is 3.77. The Morgan fingerprint density at radius 3 is 2.42 bits per heavy atom. The van der Waals surface area contributed by atoms with Crippen molar-refractivity contribution in [2.24, 2.45) is 0 Å². The molecule has 0 bridgehead atoms. The van der Waals surface area contributed by atoms with Crippen molar-refractivity contribution >= 4 is 27.2 Å². The summed E-state index contributed by atoms with van der Waals surface area (Å²) < 4.78 is 25.1. The Labute approximate surface area is 183 Å². The quantitative estimate of drug-likeness (QED) is 0.575. The third-order valence-corrected chi connectivity index (χ3v) is 5.81. The van der Waals surface area contributed by atoms with Crippen LogP contribution in [0.2, 0.25) is 0 Å². The van der Waals surface area contributed by atoms with Gasteiger partial charge in [-0.15, -0.1) is 0 Å². The first-order valence-corrected chi connectivity index (χ1v) is 12.3. The van der Waals surface area contributed by atoms with E-state index in [2.05, 4.69) is 49.2 Å². The Kier molecular flexibility index (Phi) is 6.48. The highest BCUT2D eigenvalue weighted by Crippen LogP contribution is 2.24. The predicted molar refractivity (Wildman–Crippen MR) is 125 cm³/mol. The van der Waals surface area contributed by atoms with Gasteiger partial charge in [0, 0.05) is 29.5 Å². The molecule has 0 radical (unpaired) electrons. The van der Waals surface area contributed by atoms with Crippen LogP contribution in [0.4, 0.5) is 17.2 Å². The van der Waals surface area contributed by atoms with E-state index in [1.54, 1.807) is 30.6 Å². The van der Waals surface area contributed by atoms with Crippen LogP contribution in [0.5, 0.6) is 0 Å². The van der Waals surface area contributed by atoms with Crippen molar-refractivity contribution in [1.29, 1.82) is 0 Å². The third kappa shape index (κ3) is 6.26. The number of sulfonamides is 1. The van der Waals surface area contributed by atoms with Gasteiger partial charge in [0.1, 0.15) is 12.1 Å². The van der Waals surface area contributed by atoms with E-state index in [0.29, 0.717) is 11.5 Å². The molecule has 2 N–H and O–H groups in total. The summed E-state index contributed by atoms with van der Waals surface area (Å²) in [6, 6.07) is 17.4. The molecule has 2 heterocycles. The van der Waals surface area contributed by atoms with Gasteiger partial charge < -0.3 is 5.32 Å². The van der Waals surface area contributed by atoms with Crippen LogP contribution < -0.4 is 10.0 Å². The summed E-state index contributed by atoms with van der Waals surface area (Å²) in [7, 11) is -3.29. The van der Waals surface area contributed by atoms with Gasteiger partial charge in [-0.05, 0) is 61.8 Å². The molecule has 0 aliphatic carbocycles. The topological polar surface area (TPSA) is 87.2 Å². The van der Waals surface area contributed by atoms with Crippen molar-refractivity contribution < 1.29 is 8.42 Å². The van der Waals surface area contributed by atoms with Crippen molar-refractivity contribution in [3.05, 3.63) is 66.5 Å². The second kappa shape index (κ2) is 9.45. The Morgan fingerprint density at radius 1 is 0.935 bits per heavy atom. The molecule has 2 aromatic carbocycles. The van der Waals surface area contributed by atoms with Gasteiger partial charge >= 0.3 is 0 Å². The highest BCUT2D eigenvalue weighted by molar-refractivity contribution is 7.92. The van der Waals surface area contributed by atoms with E-state index in [-0.39, 0.29) is 0 Å². The minimum Gasteiger partial charge on any atom is -0.340 e. The number of nitrogens with one attached hydrogen (secondary N) is 2. The first-order chi connectivity index (χ1) is 14.9. The maximum Gasteiger partial charge on any atom is 0.229 e. The van der Waals surface area contributed by atoms with Crippen LogP contribution >= 0.6 is 0 Å². The first-order valence-electron chi connectivity index (χ1n) is 10.4. The number of hydrogen-bond donors (Lipinski definition) is 2. The van der Waals surface area contributed by atoms with Crippen LogP contribution in [0.15, 0.2) is 60.9 Å². The molecule has 8 heteroatoms. The van der Waals surface area contributed by atoms with Crippen LogP contribution in [0.25, 0.3) is 11.3 Å². The summed E-state index contributed by atoms with van der Waals surface area (Å²) in [5.74, 6) is 0.676. The van der Waals surface area contributed by atoms with Gasteiger partial charge in [-0.25, -0.2) is 18.4 Å². The van der Waals surface area contributed by atoms with Crippen molar-refractivity contribution in [3.63, 3.8) is 0 Å². The summed E-state index contributed by atoms with van der Waals surface area (Å²) in [6.45, 7) is 3.31. The minimum atomic E-state index is -3.29. The van der Waals surface area contributed by atoms with Crippen molar-refractivity contribution in [1.82, 2.24) is 14.9 Å². The standard InChI is InChI=1S/C23H27N5O2S/c1-31(29,30)27-21-10-8-20(9-11-21)26-23-15-22(24-17-25-23)19-7-5-6-18(14-19)16-28-12-3-2-4-13-28/h5-11,14-15,17,27H,2-4,12-13,16H2,1H3,(H,24,25,26). The summed E-state index contributed by atoms with van der Waals surface area (Å²) in [6.07, 6.45) is 6.58.